The van der Waals surface area contributed by atoms with Gasteiger partial charge in [0, 0.05) is 18.3 Å². The topological polar surface area (TPSA) is 47.3 Å². The Labute approximate surface area is 137 Å². The van der Waals surface area contributed by atoms with Crippen molar-refractivity contribution in [3.05, 3.63) is 30.6 Å². The number of phenols is 1. The first-order chi connectivity index (χ1) is 11.4. The van der Waals surface area contributed by atoms with Gasteiger partial charge in [0.1, 0.15) is 0 Å². The Kier molecular flexibility index (Phi) is 4.69. The minimum atomic E-state index is -4.83. The van der Waals surface area contributed by atoms with E-state index in [-0.39, 0.29) is 0 Å². The first kappa shape index (κ1) is 16.7. The quantitative estimate of drug-likeness (QED) is 0.875. The molecule has 0 spiro atoms. The lowest BCUT2D eigenvalue weighted by molar-refractivity contribution is -0.275. The van der Waals surface area contributed by atoms with Gasteiger partial charge in [-0.1, -0.05) is 25.3 Å². The van der Waals surface area contributed by atoms with Crippen LogP contribution in [0.1, 0.15) is 32.1 Å². The fraction of sp³-hybridized carbons (Fsp3) is 0.471. The number of hydrogen-bond acceptors (Lipinski definition) is 3. The highest BCUT2D eigenvalue weighted by Crippen LogP contribution is 2.35. The van der Waals surface area contributed by atoms with Crippen LogP contribution in [0.4, 0.5) is 13.2 Å². The normalized spacial score (nSPS) is 16.3. The monoisotopic (exact) mass is 340 g/mol. The predicted octanol–water partition coefficient (Wildman–Crippen LogP) is 4.73. The highest BCUT2D eigenvalue weighted by molar-refractivity contribution is 5.65. The van der Waals surface area contributed by atoms with Gasteiger partial charge in [-0.15, -0.1) is 13.2 Å². The maximum absolute atomic E-state index is 12.2. The molecule has 1 fully saturated rings. The number of phenolic OH excluding ortho intramolecular Hbond substituents is 1. The first-order valence-electron chi connectivity index (χ1n) is 8.02. The number of aromatic nitrogens is 2. The summed E-state index contributed by atoms with van der Waals surface area (Å²) in [6.45, 7) is 0.848. The van der Waals surface area contributed by atoms with Crippen molar-refractivity contribution >= 4 is 0 Å². The van der Waals surface area contributed by atoms with Crippen LogP contribution in [-0.2, 0) is 6.54 Å². The molecule has 1 N–H and O–H groups in total. The molecule has 130 valence electrons. The Balaban J connectivity index is 1.71. The van der Waals surface area contributed by atoms with Crippen molar-refractivity contribution in [1.29, 1.82) is 0 Å². The summed E-state index contributed by atoms with van der Waals surface area (Å²) in [6.07, 6.45) is 4.91. The zero-order valence-corrected chi connectivity index (χ0v) is 13.1. The summed E-state index contributed by atoms with van der Waals surface area (Å²) in [6, 6.07) is 3.84. The van der Waals surface area contributed by atoms with E-state index in [2.05, 4.69) is 9.84 Å². The van der Waals surface area contributed by atoms with Crippen LogP contribution in [0.25, 0.3) is 11.1 Å². The van der Waals surface area contributed by atoms with Gasteiger partial charge in [0.15, 0.2) is 11.5 Å². The van der Waals surface area contributed by atoms with Gasteiger partial charge < -0.3 is 9.84 Å². The molecule has 0 bridgehead atoms. The lowest BCUT2D eigenvalue weighted by Gasteiger charge is -2.21. The highest BCUT2D eigenvalue weighted by Gasteiger charge is 2.32. The van der Waals surface area contributed by atoms with E-state index in [1.54, 1.807) is 6.20 Å². The molecular formula is C17H19F3N2O2. The van der Waals surface area contributed by atoms with E-state index >= 15 is 0 Å². The van der Waals surface area contributed by atoms with Crippen LogP contribution in [0.3, 0.4) is 0 Å². The average molecular weight is 340 g/mol. The Morgan fingerprint density at radius 1 is 1.17 bits per heavy atom. The third-order valence-corrected chi connectivity index (χ3v) is 4.32. The van der Waals surface area contributed by atoms with Crippen molar-refractivity contribution in [1.82, 2.24) is 9.78 Å². The van der Waals surface area contributed by atoms with Crippen LogP contribution in [-0.4, -0.2) is 21.2 Å². The second kappa shape index (κ2) is 6.75. The highest BCUT2D eigenvalue weighted by atomic mass is 19.4. The molecule has 0 amide bonds. The summed E-state index contributed by atoms with van der Waals surface area (Å²) in [4.78, 5) is 0. The van der Waals surface area contributed by atoms with Gasteiger partial charge in [0.05, 0.1) is 6.20 Å². The number of rotatable bonds is 4. The van der Waals surface area contributed by atoms with Gasteiger partial charge in [-0.25, -0.2) is 0 Å². The SMILES string of the molecule is Oc1cc(-c2cnn(CC3CCCCC3)c2)ccc1OC(F)(F)F. The maximum atomic E-state index is 12.2. The van der Waals surface area contributed by atoms with E-state index in [9.17, 15) is 18.3 Å². The number of benzene rings is 1. The molecule has 24 heavy (non-hydrogen) atoms. The van der Waals surface area contributed by atoms with Crippen molar-refractivity contribution in [3.8, 4) is 22.6 Å². The van der Waals surface area contributed by atoms with Gasteiger partial charge in [0.25, 0.3) is 0 Å². The molecule has 2 aromatic rings. The number of ether oxygens (including phenoxy) is 1. The predicted molar refractivity (Wildman–Crippen MR) is 82.6 cm³/mol. The molecule has 0 unspecified atom stereocenters. The minimum absolute atomic E-state index is 0.551. The van der Waals surface area contributed by atoms with Crippen LogP contribution in [0.15, 0.2) is 30.6 Å². The van der Waals surface area contributed by atoms with Crippen LogP contribution in [0.5, 0.6) is 11.5 Å². The number of aromatic hydroxyl groups is 1. The van der Waals surface area contributed by atoms with Crippen molar-refractivity contribution in [2.75, 3.05) is 0 Å². The van der Waals surface area contributed by atoms with Crippen LogP contribution in [0, 0.1) is 5.92 Å². The number of nitrogens with zero attached hydrogens (tertiary/aromatic N) is 2. The van der Waals surface area contributed by atoms with Crippen molar-refractivity contribution in [2.45, 2.75) is 45.0 Å². The number of hydrogen-bond donors (Lipinski definition) is 1. The molecule has 4 nitrogen and oxygen atoms in total. The molecule has 0 radical (unpaired) electrons. The largest absolute Gasteiger partial charge is 0.573 e. The molecule has 7 heteroatoms. The molecule has 1 aromatic heterocycles. The summed E-state index contributed by atoms with van der Waals surface area (Å²) in [5.41, 5.74) is 1.34. The molecule has 1 aromatic carbocycles. The average Bonchev–Trinajstić information content (AvgIpc) is 2.97. The third kappa shape index (κ3) is 4.21. The summed E-state index contributed by atoms with van der Waals surface area (Å²) in [5.74, 6) is -0.534. The van der Waals surface area contributed by atoms with Gasteiger partial charge in [-0.2, -0.15) is 5.10 Å². The summed E-state index contributed by atoms with van der Waals surface area (Å²) in [5, 5.41) is 14.1. The van der Waals surface area contributed by atoms with Crippen molar-refractivity contribution in [2.24, 2.45) is 5.92 Å². The van der Waals surface area contributed by atoms with Gasteiger partial charge >= 0.3 is 6.36 Å². The van der Waals surface area contributed by atoms with E-state index in [0.717, 1.165) is 18.2 Å². The molecule has 1 saturated carbocycles. The molecule has 0 aliphatic heterocycles. The Hall–Kier alpha value is -2.18. The Morgan fingerprint density at radius 3 is 2.58 bits per heavy atom. The molecule has 1 aliphatic carbocycles. The van der Waals surface area contributed by atoms with E-state index in [0.29, 0.717) is 11.5 Å². The van der Waals surface area contributed by atoms with Crippen molar-refractivity contribution < 1.29 is 23.0 Å². The smallest absolute Gasteiger partial charge is 0.504 e. The fourth-order valence-electron chi connectivity index (χ4n) is 3.15. The van der Waals surface area contributed by atoms with Crippen LogP contribution < -0.4 is 4.74 Å². The fourth-order valence-corrected chi connectivity index (χ4v) is 3.15. The summed E-state index contributed by atoms with van der Waals surface area (Å²) >= 11 is 0. The first-order valence-corrected chi connectivity index (χ1v) is 8.02. The summed E-state index contributed by atoms with van der Waals surface area (Å²) < 4.78 is 42.3. The second-order valence-corrected chi connectivity index (χ2v) is 6.19. The van der Waals surface area contributed by atoms with Crippen molar-refractivity contribution in [3.63, 3.8) is 0 Å². The number of alkyl halides is 3. The lowest BCUT2D eigenvalue weighted by Crippen LogP contribution is -2.17. The molecule has 3 rings (SSSR count). The minimum Gasteiger partial charge on any atom is -0.504 e. The van der Waals surface area contributed by atoms with Gasteiger partial charge in [-0.05, 0) is 36.5 Å². The van der Waals surface area contributed by atoms with Gasteiger partial charge in [0.2, 0.25) is 0 Å². The third-order valence-electron chi connectivity index (χ3n) is 4.32. The van der Waals surface area contributed by atoms with E-state index in [4.69, 9.17) is 0 Å². The number of halogens is 3. The van der Waals surface area contributed by atoms with Gasteiger partial charge in [-0.3, -0.25) is 4.68 Å². The maximum Gasteiger partial charge on any atom is 0.573 e. The van der Waals surface area contributed by atoms with E-state index < -0.39 is 17.9 Å². The van der Waals surface area contributed by atoms with E-state index in [1.807, 2.05) is 10.9 Å². The standard InChI is InChI=1S/C17H19F3N2O2/c18-17(19,20)24-16-7-6-13(8-15(16)23)14-9-21-22(11-14)10-12-4-2-1-3-5-12/h6-9,11-12,23H,1-5,10H2. The Bertz CT molecular complexity index is 691. The molecule has 1 aliphatic rings. The zero-order chi connectivity index (χ0) is 17.2. The zero-order valence-electron chi connectivity index (χ0n) is 13.1. The Morgan fingerprint density at radius 2 is 1.92 bits per heavy atom. The summed E-state index contributed by atoms with van der Waals surface area (Å²) in [7, 11) is 0. The van der Waals surface area contributed by atoms with Crippen LogP contribution >= 0.6 is 0 Å². The van der Waals surface area contributed by atoms with Crippen LogP contribution in [0.2, 0.25) is 0 Å². The van der Waals surface area contributed by atoms with E-state index in [1.165, 1.54) is 44.2 Å². The lowest BCUT2D eigenvalue weighted by atomic mass is 9.89. The second-order valence-electron chi connectivity index (χ2n) is 6.19. The molecule has 0 saturated heterocycles. The molecular weight excluding hydrogens is 321 g/mol. The molecule has 1 heterocycles. The molecule has 0 atom stereocenters.